The highest BCUT2D eigenvalue weighted by Gasteiger charge is 2.13. The van der Waals surface area contributed by atoms with Gasteiger partial charge in [0, 0.05) is 0 Å². The van der Waals surface area contributed by atoms with E-state index in [1.54, 1.807) is 0 Å². The predicted molar refractivity (Wildman–Crippen MR) is 47.5 cm³/mol. The molecule has 1 aromatic heterocycles. The maximum Gasteiger partial charge on any atom is 0.325 e. The largest absolute Gasteiger partial charge is 0.480 e. The van der Waals surface area contributed by atoms with Crippen LogP contribution in [0.2, 0.25) is 0 Å². The number of nitrogens with one attached hydrogen (secondary N) is 1. The predicted octanol–water partition coefficient (Wildman–Crippen LogP) is 0.233. The number of carboxylic acid groups (broad SMARTS) is 1. The van der Waals surface area contributed by atoms with Gasteiger partial charge in [0.25, 0.3) is 0 Å². The van der Waals surface area contributed by atoms with Crippen molar-refractivity contribution in [1.82, 2.24) is 10.2 Å². The van der Waals surface area contributed by atoms with Gasteiger partial charge in [0.2, 0.25) is 0 Å². The van der Waals surface area contributed by atoms with Crippen molar-refractivity contribution in [2.24, 2.45) is 0 Å². The fourth-order valence-corrected chi connectivity index (χ4v) is 0.795. The number of aliphatic carboxylic acids is 1. The van der Waals surface area contributed by atoms with Crippen LogP contribution in [-0.2, 0) is 4.79 Å². The van der Waals surface area contributed by atoms with Gasteiger partial charge in [0.05, 0.1) is 11.8 Å². The summed E-state index contributed by atoms with van der Waals surface area (Å²) in [5.41, 5.74) is 0.271. The average molecular weight is 192 g/mol. The Morgan fingerprint density at radius 1 is 1.79 bits per heavy atom. The number of carboxylic acids is 1. The van der Waals surface area contributed by atoms with Crippen molar-refractivity contribution in [3.63, 3.8) is 0 Å². The van der Waals surface area contributed by atoms with Crippen LogP contribution in [0.4, 0.5) is 5.82 Å². The molecule has 0 saturated carbocycles. The summed E-state index contributed by atoms with van der Waals surface area (Å²) in [5, 5.41) is 27.0. The minimum absolute atomic E-state index is 0.185. The van der Waals surface area contributed by atoms with Crippen molar-refractivity contribution in [2.45, 2.75) is 13.0 Å². The van der Waals surface area contributed by atoms with E-state index < -0.39 is 12.0 Å². The summed E-state index contributed by atoms with van der Waals surface area (Å²) in [4.78, 5) is 10.5. The minimum atomic E-state index is -1.01. The summed E-state index contributed by atoms with van der Waals surface area (Å²) in [6, 6.07) is 2.54. The average Bonchev–Trinajstić information content (AvgIpc) is 2.18. The first-order valence-corrected chi connectivity index (χ1v) is 3.86. The highest BCUT2D eigenvalue weighted by Crippen LogP contribution is 2.09. The van der Waals surface area contributed by atoms with E-state index in [4.69, 9.17) is 10.4 Å². The smallest absolute Gasteiger partial charge is 0.325 e. The van der Waals surface area contributed by atoms with Crippen molar-refractivity contribution in [2.75, 3.05) is 5.32 Å². The summed E-state index contributed by atoms with van der Waals surface area (Å²) < 4.78 is 0. The summed E-state index contributed by atoms with van der Waals surface area (Å²) in [6.45, 7) is 1.46. The zero-order valence-corrected chi connectivity index (χ0v) is 7.43. The number of rotatable bonds is 3. The molecule has 0 aromatic carbocycles. The number of carbonyl (C=O) groups is 1. The molecular weight excluding hydrogens is 184 g/mol. The molecule has 1 rings (SSSR count). The van der Waals surface area contributed by atoms with Gasteiger partial charge in [-0.25, -0.2) is 0 Å². The second-order valence-corrected chi connectivity index (χ2v) is 2.61. The van der Waals surface area contributed by atoms with Gasteiger partial charge in [0.1, 0.15) is 12.1 Å². The molecule has 6 heteroatoms. The number of hydrogen-bond donors (Lipinski definition) is 2. The molecule has 0 aliphatic carbocycles. The number of aromatic nitrogens is 2. The molecule has 0 aliphatic rings. The Hall–Kier alpha value is -2.16. The lowest BCUT2D eigenvalue weighted by Crippen LogP contribution is -2.26. The Balaban J connectivity index is 2.87. The van der Waals surface area contributed by atoms with Crippen molar-refractivity contribution in [3.8, 4) is 6.07 Å². The van der Waals surface area contributed by atoms with Crippen LogP contribution >= 0.6 is 0 Å². The first-order chi connectivity index (χ1) is 6.65. The molecule has 1 atom stereocenters. The molecule has 2 N–H and O–H groups in total. The van der Waals surface area contributed by atoms with E-state index in [9.17, 15) is 4.79 Å². The number of hydrogen-bond acceptors (Lipinski definition) is 5. The molecule has 0 spiro atoms. The summed E-state index contributed by atoms with van der Waals surface area (Å²) in [6.07, 6.45) is 1.37. The van der Waals surface area contributed by atoms with Crippen LogP contribution in [0.25, 0.3) is 0 Å². The van der Waals surface area contributed by atoms with E-state index in [1.807, 2.05) is 6.07 Å². The monoisotopic (exact) mass is 192 g/mol. The fraction of sp³-hybridized carbons (Fsp3) is 0.250. The Morgan fingerprint density at radius 2 is 2.50 bits per heavy atom. The molecule has 0 saturated heterocycles. The van der Waals surface area contributed by atoms with Crippen LogP contribution < -0.4 is 5.32 Å². The summed E-state index contributed by atoms with van der Waals surface area (Å²) >= 11 is 0. The number of nitrogens with zero attached hydrogens (tertiary/aromatic N) is 3. The van der Waals surface area contributed by atoms with Crippen molar-refractivity contribution in [3.05, 3.63) is 17.8 Å². The van der Waals surface area contributed by atoms with Crippen molar-refractivity contribution >= 4 is 11.8 Å². The summed E-state index contributed by atoms with van der Waals surface area (Å²) in [5.74, 6) is -0.829. The van der Waals surface area contributed by atoms with Gasteiger partial charge in [-0.2, -0.15) is 10.4 Å². The topological polar surface area (TPSA) is 98.9 Å². The molecule has 1 unspecified atom stereocenters. The van der Waals surface area contributed by atoms with Gasteiger partial charge in [-0.3, -0.25) is 4.79 Å². The van der Waals surface area contributed by atoms with E-state index >= 15 is 0 Å². The fourth-order valence-electron chi connectivity index (χ4n) is 0.795. The van der Waals surface area contributed by atoms with E-state index in [2.05, 4.69) is 15.5 Å². The van der Waals surface area contributed by atoms with Gasteiger partial charge in [-0.05, 0) is 13.0 Å². The van der Waals surface area contributed by atoms with Gasteiger partial charge in [-0.1, -0.05) is 0 Å². The maximum absolute atomic E-state index is 10.5. The molecule has 0 bridgehead atoms. The van der Waals surface area contributed by atoms with Gasteiger partial charge in [-0.15, -0.1) is 5.10 Å². The van der Waals surface area contributed by atoms with E-state index in [0.717, 1.165) is 0 Å². The van der Waals surface area contributed by atoms with Crippen LogP contribution in [0.15, 0.2) is 12.3 Å². The second kappa shape index (κ2) is 4.18. The van der Waals surface area contributed by atoms with Crippen LogP contribution in [-0.4, -0.2) is 27.3 Å². The number of anilines is 1. The number of nitriles is 1. The molecule has 0 aliphatic heterocycles. The summed E-state index contributed by atoms with van der Waals surface area (Å²) in [7, 11) is 0. The van der Waals surface area contributed by atoms with Crippen LogP contribution in [0, 0.1) is 11.3 Å². The Labute approximate surface area is 80.2 Å². The van der Waals surface area contributed by atoms with Crippen molar-refractivity contribution < 1.29 is 9.90 Å². The van der Waals surface area contributed by atoms with E-state index in [0.29, 0.717) is 0 Å². The minimum Gasteiger partial charge on any atom is -0.480 e. The molecule has 0 amide bonds. The molecule has 0 fully saturated rings. The lowest BCUT2D eigenvalue weighted by atomic mass is 10.3. The highest BCUT2D eigenvalue weighted by molar-refractivity contribution is 5.76. The molecular formula is C8H8N4O2. The normalized spacial score (nSPS) is 11.4. The Bertz CT molecular complexity index is 385. The molecule has 1 aromatic rings. The molecule has 0 radical (unpaired) electrons. The third-order valence-corrected chi connectivity index (χ3v) is 1.56. The molecule has 72 valence electrons. The lowest BCUT2D eigenvalue weighted by molar-refractivity contribution is -0.137. The molecule has 1 heterocycles. The van der Waals surface area contributed by atoms with Crippen LogP contribution in [0.5, 0.6) is 0 Å². The van der Waals surface area contributed by atoms with Crippen LogP contribution in [0.3, 0.4) is 0 Å². The van der Waals surface area contributed by atoms with E-state index in [-0.39, 0.29) is 11.4 Å². The van der Waals surface area contributed by atoms with E-state index in [1.165, 1.54) is 19.2 Å². The molecule has 14 heavy (non-hydrogen) atoms. The Morgan fingerprint density at radius 3 is 3.07 bits per heavy atom. The Kier molecular flexibility index (Phi) is 2.97. The maximum atomic E-state index is 10.5. The van der Waals surface area contributed by atoms with Gasteiger partial charge in [0.15, 0.2) is 5.82 Å². The SMILES string of the molecule is CC(Nc1nnccc1C#N)C(=O)O. The third-order valence-electron chi connectivity index (χ3n) is 1.56. The third kappa shape index (κ3) is 2.17. The second-order valence-electron chi connectivity index (χ2n) is 2.61. The molecule has 6 nitrogen and oxygen atoms in total. The lowest BCUT2D eigenvalue weighted by Gasteiger charge is -2.09. The zero-order valence-electron chi connectivity index (χ0n) is 7.43. The first-order valence-electron chi connectivity index (χ1n) is 3.86. The highest BCUT2D eigenvalue weighted by atomic mass is 16.4. The standard InChI is InChI=1S/C8H8N4O2/c1-5(8(13)14)11-7-6(4-9)2-3-10-12-7/h2-3,5H,1H3,(H,11,12)(H,13,14). The van der Waals surface area contributed by atoms with Crippen molar-refractivity contribution in [1.29, 1.82) is 5.26 Å². The van der Waals surface area contributed by atoms with Gasteiger partial charge < -0.3 is 10.4 Å². The first kappa shape index (κ1) is 9.92. The van der Waals surface area contributed by atoms with Gasteiger partial charge >= 0.3 is 5.97 Å². The van der Waals surface area contributed by atoms with Crippen LogP contribution in [0.1, 0.15) is 12.5 Å². The zero-order chi connectivity index (χ0) is 10.6. The quantitative estimate of drug-likeness (QED) is 0.711.